The summed E-state index contributed by atoms with van der Waals surface area (Å²) in [5, 5.41) is 11.2. The quantitative estimate of drug-likeness (QED) is 0.772. The summed E-state index contributed by atoms with van der Waals surface area (Å²) in [7, 11) is 0. The van der Waals surface area contributed by atoms with Gasteiger partial charge in [0.05, 0.1) is 0 Å². The highest BCUT2D eigenvalue weighted by molar-refractivity contribution is 5.86. The Kier molecular flexibility index (Phi) is 6.40. The second-order valence-corrected chi connectivity index (χ2v) is 9.76. The number of likely N-dealkylation sites (tertiary alicyclic amines) is 1. The van der Waals surface area contributed by atoms with Gasteiger partial charge in [-0.3, -0.25) is 9.69 Å². The number of carbonyl (C=O) groups excluding carboxylic acids is 1. The van der Waals surface area contributed by atoms with Crippen LogP contribution in [0.1, 0.15) is 64.2 Å². The van der Waals surface area contributed by atoms with Crippen LogP contribution < -0.4 is 0 Å². The fraction of sp³-hybridized carbons (Fsp3) is 0.955. The number of rotatable bonds is 6. The minimum absolute atomic E-state index is 0.0104. The van der Waals surface area contributed by atoms with Crippen molar-refractivity contribution in [3.63, 3.8) is 0 Å². The Balaban J connectivity index is 1.26. The number of nitrogens with zero attached hydrogens (tertiary/aromatic N) is 3. The van der Waals surface area contributed by atoms with Gasteiger partial charge in [-0.05, 0) is 50.4 Å². The Morgan fingerprint density at radius 3 is 2.07 bits per heavy atom. The summed E-state index contributed by atoms with van der Waals surface area (Å²) in [5.74, 6) is 1.59. The van der Waals surface area contributed by atoms with Crippen LogP contribution in [0.5, 0.6) is 0 Å². The van der Waals surface area contributed by atoms with E-state index in [1.54, 1.807) is 0 Å². The molecule has 0 bridgehead atoms. The zero-order chi connectivity index (χ0) is 18.7. The molecule has 4 fully saturated rings. The lowest BCUT2D eigenvalue weighted by atomic mass is 9.85. The van der Waals surface area contributed by atoms with Crippen LogP contribution in [0.15, 0.2) is 0 Å². The van der Waals surface area contributed by atoms with Gasteiger partial charge >= 0.3 is 0 Å². The molecule has 2 saturated carbocycles. The molecule has 0 aromatic carbocycles. The van der Waals surface area contributed by atoms with Gasteiger partial charge in [0.25, 0.3) is 5.91 Å². The molecule has 154 valence electrons. The van der Waals surface area contributed by atoms with E-state index in [1.807, 2.05) is 4.90 Å². The molecule has 0 aromatic heterocycles. The zero-order valence-corrected chi connectivity index (χ0v) is 17.1. The van der Waals surface area contributed by atoms with Crippen molar-refractivity contribution in [1.29, 1.82) is 0 Å². The van der Waals surface area contributed by atoms with Crippen LogP contribution in [0.2, 0.25) is 0 Å². The summed E-state index contributed by atoms with van der Waals surface area (Å²) in [4.78, 5) is 20.0. The van der Waals surface area contributed by atoms with E-state index in [9.17, 15) is 9.90 Å². The van der Waals surface area contributed by atoms with Gasteiger partial charge in [-0.15, -0.1) is 0 Å². The van der Waals surface area contributed by atoms with Crippen molar-refractivity contribution < 1.29 is 9.90 Å². The Bertz CT molecular complexity index is 496. The van der Waals surface area contributed by atoms with Gasteiger partial charge in [0, 0.05) is 52.4 Å². The molecule has 1 N–H and O–H groups in total. The molecule has 2 heterocycles. The zero-order valence-electron chi connectivity index (χ0n) is 17.1. The smallest absolute Gasteiger partial charge is 0.255 e. The molecule has 5 heteroatoms. The molecule has 0 spiro atoms. The van der Waals surface area contributed by atoms with Crippen molar-refractivity contribution in [2.24, 2.45) is 11.8 Å². The van der Waals surface area contributed by atoms with Crippen molar-refractivity contribution in [2.45, 2.75) is 69.8 Å². The van der Waals surface area contributed by atoms with E-state index < -0.39 is 5.60 Å². The minimum atomic E-state index is -1.15. The summed E-state index contributed by atoms with van der Waals surface area (Å²) in [6.45, 7) is 7.66. The minimum Gasteiger partial charge on any atom is -0.379 e. The van der Waals surface area contributed by atoms with Gasteiger partial charge in [0.2, 0.25) is 0 Å². The average molecular weight is 378 g/mol. The van der Waals surface area contributed by atoms with E-state index in [-0.39, 0.29) is 5.91 Å². The Morgan fingerprint density at radius 1 is 0.778 bits per heavy atom. The molecular weight excluding hydrogens is 338 g/mol. The van der Waals surface area contributed by atoms with Crippen LogP contribution in [0.4, 0.5) is 0 Å². The number of carbonyl (C=O) groups is 1. The standard InChI is InChI=1S/C22H39N3O2/c26-21-22(27,10-5-11-25(21)17-20-6-2-1-3-7-20)18-24-14-12-23(13-15-24)16-19-8-4-9-19/h19-20,27H,1-18H2. The second-order valence-electron chi connectivity index (χ2n) is 9.76. The lowest BCUT2D eigenvalue weighted by molar-refractivity contribution is -0.161. The summed E-state index contributed by atoms with van der Waals surface area (Å²) in [5.41, 5.74) is -1.15. The highest BCUT2D eigenvalue weighted by Crippen LogP contribution is 2.30. The maximum atomic E-state index is 13.1. The van der Waals surface area contributed by atoms with Crippen molar-refractivity contribution in [3.05, 3.63) is 0 Å². The predicted octanol–water partition coefficient (Wildman–Crippen LogP) is 2.34. The first-order valence-electron chi connectivity index (χ1n) is 11.6. The first kappa shape index (κ1) is 19.7. The molecule has 2 aliphatic heterocycles. The fourth-order valence-electron chi connectivity index (χ4n) is 5.61. The third-order valence-electron chi connectivity index (χ3n) is 7.60. The highest BCUT2D eigenvalue weighted by Gasteiger charge is 2.44. The number of amides is 1. The monoisotopic (exact) mass is 377 g/mol. The topological polar surface area (TPSA) is 47.0 Å². The van der Waals surface area contributed by atoms with E-state index in [0.29, 0.717) is 18.9 Å². The molecule has 4 aliphatic rings. The van der Waals surface area contributed by atoms with E-state index in [0.717, 1.165) is 51.6 Å². The van der Waals surface area contributed by atoms with Gasteiger partial charge in [-0.1, -0.05) is 25.7 Å². The first-order chi connectivity index (χ1) is 13.1. The van der Waals surface area contributed by atoms with Gasteiger partial charge < -0.3 is 14.9 Å². The predicted molar refractivity (Wildman–Crippen MR) is 108 cm³/mol. The van der Waals surface area contributed by atoms with E-state index in [4.69, 9.17) is 0 Å². The highest BCUT2D eigenvalue weighted by atomic mass is 16.3. The third-order valence-corrected chi connectivity index (χ3v) is 7.60. The van der Waals surface area contributed by atoms with Crippen LogP contribution in [-0.2, 0) is 4.79 Å². The molecule has 1 atom stereocenters. The van der Waals surface area contributed by atoms with Crippen LogP contribution in [0, 0.1) is 11.8 Å². The number of β-amino-alcohol motifs (C(OH)–C–C–N with tert-alkyl or cyclic N) is 1. The average Bonchev–Trinajstić information content (AvgIpc) is 2.64. The third kappa shape index (κ3) is 4.86. The number of piperidine rings is 1. The molecule has 4 rings (SSSR count). The molecule has 0 radical (unpaired) electrons. The van der Waals surface area contributed by atoms with Crippen LogP contribution >= 0.6 is 0 Å². The number of aliphatic hydroxyl groups is 1. The van der Waals surface area contributed by atoms with Crippen LogP contribution in [0.25, 0.3) is 0 Å². The number of piperazine rings is 1. The van der Waals surface area contributed by atoms with E-state index in [1.165, 1.54) is 57.9 Å². The molecule has 1 unspecified atom stereocenters. The van der Waals surface area contributed by atoms with Gasteiger partial charge in [0.1, 0.15) is 0 Å². The Morgan fingerprint density at radius 2 is 1.41 bits per heavy atom. The second kappa shape index (κ2) is 8.79. The number of hydrogen-bond acceptors (Lipinski definition) is 4. The van der Waals surface area contributed by atoms with Crippen molar-refractivity contribution in [2.75, 3.05) is 52.4 Å². The summed E-state index contributed by atoms with van der Waals surface area (Å²) >= 11 is 0. The van der Waals surface area contributed by atoms with Crippen molar-refractivity contribution >= 4 is 5.91 Å². The molecule has 5 nitrogen and oxygen atoms in total. The lowest BCUT2D eigenvalue weighted by Crippen LogP contribution is -2.61. The van der Waals surface area contributed by atoms with E-state index >= 15 is 0 Å². The largest absolute Gasteiger partial charge is 0.379 e. The maximum Gasteiger partial charge on any atom is 0.255 e. The van der Waals surface area contributed by atoms with Crippen LogP contribution in [0.3, 0.4) is 0 Å². The molecule has 2 aliphatic carbocycles. The van der Waals surface area contributed by atoms with Gasteiger partial charge in [-0.2, -0.15) is 0 Å². The Hall–Kier alpha value is -0.650. The number of hydrogen-bond donors (Lipinski definition) is 1. The normalized spacial score (nSPS) is 32.6. The molecule has 2 saturated heterocycles. The summed E-state index contributed by atoms with van der Waals surface area (Å²) in [6.07, 6.45) is 12.3. The summed E-state index contributed by atoms with van der Waals surface area (Å²) in [6, 6.07) is 0. The van der Waals surface area contributed by atoms with Crippen molar-refractivity contribution in [1.82, 2.24) is 14.7 Å². The maximum absolute atomic E-state index is 13.1. The lowest BCUT2D eigenvalue weighted by Gasteiger charge is -2.44. The van der Waals surface area contributed by atoms with Gasteiger partial charge in [0.15, 0.2) is 5.60 Å². The van der Waals surface area contributed by atoms with Crippen LogP contribution in [-0.4, -0.2) is 83.7 Å². The SMILES string of the molecule is O=C1N(CC2CCCCC2)CCCC1(O)CN1CCN(CC2CCC2)CC1. The van der Waals surface area contributed by atoms with Crippen molar-refractivity contribution in [3.8, 4) is 0 Å². The molecular formula is C22H39N3O2. The van der Waals surface area contributed by atoms with Gasteiger partial charge in [-0.25, -0.2) is 0 Å². The molecule has 1 amide bonds. The Labute approximate surface area is 165 Å². The molecule has 27 heavy (non-hydrogen) atoms. The molecule has 0 aromatic rings. The summed E-state index contributed by atoms with van der Waals surface area (Å²) < 4.78 is 0. The fourth-order valence-corrected chi connectivity index (χ4v) is 5.61. The van der Waals surface area contributed by atoms with E-state index in [2.05, 4.69) is 9.80 Å². The first-order valence-corrected chi connectivity index (χ1v) is 11.6.